The summed E-state index contributed by atoms with van der Waals surface area (Å²) in [4.78, 5) is 24.8. The molecular formula is C13H16N2O6. The predicted molar refractivity (Wildman–Crippen MR) is 72.7 cm³/mol. The van der Waals surface area contributed by atoms with Crippen molar-refractivity contribution in [3.05, 3.63) is 12.1 Å². The van der Waals surface area contributed by atoms with Crippen LogP contribution in [0.5, 0.6) is 17.2 Å². The van der Waals surface area contributed by atoms with E-state index in [1.165, 1.54) is 33.5 Å². The maximum atomic E-state index is 12.0. The number of urea groups is 1. The number of rotatable bonds is 4. The summed E-state index contributed by atoms with van der Waals surface area (Å²) >= 11 is 0. The van der Waals surface area contributed by atoms with E-state index in [-0.39, 0.29) is 12.1 Å². The smallest absolute Gasteiger partial charge is 0.330 e. The number of aliphatic hydroxyl groups excluding tert-OH is 1. The van der Waals surface area contributed by atoms with E-state index in [1.54, 1.807) is 0 Å². The molecule has 114 valence electrons. The van der Waals surface area contributed by atoms with Gasteiger partial charge in [-0.3, -0.25) is 4.79 Å². The molecule has 1 unspecified atom stereocenters. The number of methoxy groups -OCH3 is 3. The minimum absolute atomic E-state index is 0.206. The Labute approximate surface area is 121 Å². The molecule has 1 aromatic carbocycles. The van der Waals surface area contributed by atoms with Crippen LogP contribution in [-0.2, 0) is 4.79 Å². The van der Waals surface area contributed by atoms with Gasteiger partial charge < -0.3 is 24.6 Å². The van der Waals surface area contributed by atoms with Crippen LogP contribution < -0.4 is 24.4 Å². The van der Waals surface area contributed by atoms with E-state index in [9.17, 15) is 14.7 Å². The zero-order valence-corrected chi connectivity index (χ0v) is 11.9. The highest BCUT2D eigenvalue weighted by Crippen LogP contribution is 2.41. The molecule has 0 aromatic heterocycles. The number of nitrogens with zero attached hydrogens (tertiary/aromatic N) is 1. The minimum Gasteiger partial charge on any atom is -0.493 e. The number of carbonyl (C=O) groups is 2. The first-order valence-electron chi connectivity index (χ1n) is 6.13. The van der Waals surface area contributed by atoms with Crippen molar-refractivity contribution in [1.82, 2.24) is 5.32 Å². The molecule has 21 heavy (non-hydrogen) atoms. The molecule has 1 fully saturated rings. The minimum atomic E-state index is -1.18. The summed E-state index contributed by atoms with van der Waals surface area (Å²) in [6.45, 7) is 0. The summed E-state index contributed by atoms with van der Waals surface area (Å²) in [5.41, 5.74) is 0.263. The van der Waals surface area contributed by atoms with Crippen LogP contribution >= 0.6 is 0 Å². The molecule has 0 saturated carbocycles. The van der Waals surface area contributed by atoms with Crippen LogP contribution in [0.15, 0.2) is 12.1 Å². The monoisotopic (exact) mass is 296 g/mol. The van der Waals surface area contributed by atoms with Gasteiger partial charge in [0.1, 0.15) is 6.23 Å². The van der Waals surface area contributed by atoms with Gasteiger partial charge in [0.05, 0.1) is 33.4 Å². The number of imide groups is 1. The third kappa shape index (κ3) is 2.70. The molecule has 1 aliphatic rings. The van der Waals surface area contributed by atoms with Crippen LogP contribution in [0.3, 0.4) is 0 Å². The number of aliphatic hydroxyl groups is 1. The lowest BCUT2D eigenvalue weighted by atomic mass is 10.2. The van der Waals surface area contributed by atoms with Gasteiger partial charge in [-0.05, 0) is 0 Å². The van der Waals surface area contributed by atoms with Crippen molar-refractivity contribution in [1.29, 1.82) is 0 Å². The molecule has 0 bridgehead atoms. The van der Waals surface area contributed by atoms with Crippen LogP contribution in [0.1, 0.15) is 6.42 Å². The Balaban J connectivity index is 2.48. The van der Waals surface area contributed by atoms with E-state index in [4.69, 9.17) is 14.2 Å². The molecule has 1 saturated heterocycles. The highest BCUT2D eigenvalue weighted by atomic mass is 16.5. The number of nitrogens with one attached hydrogen (secondary N) is 1. The van der Waals surface area contributed by atoms with Crippen LogP contribution in [0.2, 0.25) is 0 Å². The summed E-state index contributed by atoms with van der Waals surface area (Å²) in [7, 11) is 4.32. The van der Waals surface area contributed by atoms with Crippen LogP contribution in [0.25, 0.3) is 0 Å². The lowest BCUT2D eigenvalue weighted by Crippen LogP contribution is -2.54. The third-order valence-corrected chi connectivity index (χ3v) is 3.02. The summed E-state index contributed by atoms with van der Waals surface area (Å²) in [5.74, 6) is 0.464. The van der Waals surface area contributed by atoms with Gasteiger partial charge in [-0.15, -0.1) is 0 Å². The average molecular weight is 296 g/mol. The fraction of sp³-hybridized carbons (Fsp3) is 0.385. The van der Waals surface area contributed by atoms with Crippen molar-refractivity contribution in [2.45, 2.75) is 12.6 Å². The van der Waals surface area contributed by atoms with E-state index < -0.39 is 18.2 Å². The molecule has 1 aromatic rings. The van der Waals surface area contributed by atoms with Crippen molar-refractivity contribution < 1.29 is 28.9 Å². The van der Waals surface area contributed by atoms with E-state index in [2.05, 4.69) is 5.32 Å². The van der Waals surface area contributed by atoms with Crippen LogP contribution in [0.4, 0.5) is 10.5 Å². The predicted octanol–water partition coefficient (Wildman–Crippen LogP) is 0.477. The fourth-order valence-corrected chi connectivity index (χ4v) is 2.09. The van der Waals surface area contributed by atoms with Gasteiger partial charge in [-0.25, -0.2) is 9.69 Å². The average Bonchev–Trinajstić information content (AvgIpc) is 2.44. The molecule has 2 rings (SSSR count). The molecule has 2 N–H and O–H groups in total. The second-order valence-corrected chi connectivity index (χ2v) is 4.28. The SMILES string of the molecule is COc1cc(N2C(=O)CC(O)NC2=O)cc(OC)c1OC. The molecular weight excluding hydrogens is 280 g/mol. The van der Waals surface area contributed by atoms with Gasteiger partial charge in [0.25, 0.3) is 0 Å². The van der Waals surface area contributed by atoms with Crippen molar-refractivity contribution in [2.75, 3.05) is 26.2 Å². The number of carbonyl (C=O) groups excluding carboxylic acids is 2. The molecule has 8 nitrogen and oxygen atoms in total. The van der Waals surface area contributed by atoms with Gasteiger partial charge in [0, 0.05) is 12.1 Å². The standard InChI is InChI=1S/C13H16N2O6/c1-19-8-4-7(5-9(20-2)12(8)21-3)15-11(17)6-10(16)14-13(15)18/h4-5,10,16H,6H2,1-3H3,(H,14,18). The Morgan fingerprint density at radius 2 is 1.71 bits per heavy atom. The third-order valence-electron chi connectivity index (χ3n) is 3.02. The van der Waals surface area contributed by atoms with Gasteiger partial charge in [-0.2, -0.15) is 0 Å². The first kappa shape index (κ1) is 14.9. The highest BCUT2D eigenvalue weighted by molar-refractivity contribution is 6.16. The Bertz CT molecular complexity index is 531. The lowest BCUT2D eigenvalue weighted by molar-refractivity contribution is -0.121. The summed E-state index contributed by atoms with van der Waals surface area (Å²) < 4.78 is 15.5. The molecule has 1 aliphatic heterocycles. The largest absolute Gasteiger partial charge is 0.493 e. The Kier molecular flexibility index (Phi) is 4.18. The molecule has 0 spiro atoms. The van der Waals surface area contributed by atoms with Gasteiger partial charge in [-0.1, -0.05) is 0 Å². The number of amides is 3. The molecule has 0 radical (unpaired) electrons. The van der Waals surface area contributed by atoms with E-state index >= 15 is 0 Å². The maximum absolute atomic E-state index is 12.0. The van der Waals surface area contributed by atoms with Gasteiger partial charge in [0.15, 0.2) is 11.5 Å². The maximum Gasteiger partial charge on any atom is 0.330 e. The Morgan fingerprint density at radius 1 is 1.14 bits per heavy atom. The second-order valence-electron chi connectivity index (χ2n) is 4.28. The first-order valence-corrected chi connectivity index (χ1v) is 6.13. The zero-order chi connectivity index (χ0) is 15.6. The van der Waals surface area contributed by atoms with E-state index in [1.807, 2.05) is 0 Å². The van der Waals surface area contributed by atoms with Crippen molar-refractivity contribution in [3.63, 3.8) is 0 Å². The number of benzene rings is 1. The van der Waals surface area contributed by atoms with Crippen LogP contribution in [0, 0.1) is 0 Å². The number of ether oxygens (including phenoxy) is 3. The summed E-state index contributed by atoms with van der Waals surface area (Å²) in [5, 5.41) is 11.6. The normalized spacial score (nSPS) is 18.3. The van der Waals surface area contributed by atoms with Crippen molar-refractivity contribution >= 4 is 17.6 Å². The van der Waals surface area contributed by atoms with E-state index in [0.717, 1.165) is 4.90 Å². The summed E-state index contributed by atoms with van der Waals surface area (Å²) in [6.07, 6.45) is -1.38. The Hall–Kier alpha value is -2.48. The highest BCUT2D eigenvalue weighted by Gasteiger charge is 2.33. The molecule has 1 atom stereocenters. The number of hydrogen-bond acceptors (Lipinski definition) is 6. The summed E-state index contributed by atoms with van der Waals surface area (Å²) in [6, 6.07) is 2.25. The Morgan fingerprint density at radius 3 is 2.14 bits per heavy atom. The zero-order valence-electron chi connectivity index (χ0n) is 11.9. The van der Waals surface area contributed by atoms with Crippen LogP contribution in [-0.4, -0.2) is 44.6 Å². The van der Waals surface area contributed by atoms with Crippen molar-refractivity contribution in [3.8, 4) is 17.2 Å². The molecule has 8 heteroatoms. The number of anilines is 1. The van der Waals surface area contributed by atoms with Crippen molar-refractivity contribution in [2.24, 2.45) is 0 Å². The van der Waals surface area contributed by atoms with E-state index in [0.29, 0.717) is 17.2 Å². The molecule has 0 aliphatic carbocycles. The number of hydrogen-bond donors (Lipinski definition) is 2. The topological polar surface area (TPSA) is 97.3 Å². The second kappa shape index (κ2) is 5.88. The van der Waals surface area contributed by atoms with Gasteiger partial charge >= 0.3 is 6.03 Å². The van der Waals surface area contributed by atoms with Gasteiger partial charge in [0.2, 0.25) is 11.7 Å². The lowest BCUT2D eigenvalue weighted by Gasteiger charge is -2.29. The molecule has 3 amide bonds. The fourth-order valence-electron chi connectivity index (χ4n) is 2.09. The quantitative estimate of drug-likeness (QED) is 0.838. The first-order chi connectivity index (χ1) is 10.0. The molecule has 1 heterocycles.